The maximum absolute atomic E-state index is 12.0. The fourth-order valence-corrected chi connectivity index (χ4v) is 2.86. The fraction of sp³-hybridized carbons (Fsp3) is 0.111. The standard InChI is InChI=1S/C18H17N3OS/c1-12-4-3-5-16(10-12)21-18(22)20-15-8-6-14(7-9-15)17-11-23-13(2)19-17/h3-11H,1-2H3,(H2,20,21,22). The molecule has 2 aromatic carbocycles. The monoisotopic (exact) mass is 323 g/mol. The molecule has 116 valence electrons. The van der Waals surface area contributed by atoms with Crippen LogP contribution in [0, 0.1) is 13.8 Å². The zero-order chi connectivity index (χ0) is 16.2. The molecule has 2 amide bonds. The SMILES string of the molecule is Cc1cccc(NC(=O)Nc2ccc(-c3csc(C)n3)cc2)c1. The molecule has 0 fully saturated rings. The van der Waals surface area contributed by atoms with E-state index in [1.165, 1.54) is 0 Å². The molecule has 0 saturated carbocycles. The molecule has 0 aliphatic rings. The van der Waals surface area contributed by atoms with Crippen LogP contribution in [0.1, 0.15) is 10.6 Å². The van der Waals surface area contributed by atoms with E-state index in [2.05, 4.69) is 15.6 Å². The Bertz CT molecular complexity index is 824. The number of nitrogens with zero attached hydrogens (tertiary/aromatic N) is 1. The highest BCUT2D eigenvalue weighted by atomic mass is 32.1. The predicted octanol–water partition coefficient (Wildman–Crippen LogP) is 5.07. The molecule has 0 spiro atoms. The highest BCUT2D eigenvalue weighted by Crippen LogP contribution is 2.23. The molecule has 0 aliphatic carbocycles. The number of carbonyl (C=O) groups excluding carboxylic acids is 1. The molecule has 3 rings (SSSR count). The van der Waals surface area contributed by atoms with Crippen molar-refractivity contribution in [2.75, 3.05) is 10.6 Å². The number of anilines is 2. The van der Waals surface area contributed by atoms with Crippen LogP contribution in [0.15, 0.2) is 53.9 Å². The van der Waals surface area contributed by atoms with Crippen LogP contribution in [0.4, 0.5) is 16.2 Å². The van der Waals surface area contributed by atoms with Crippen molar-refractivity contribution in [1.82, 2.24) is 4.98 Å². The Morgan fingerprint density at radius 2 is 1.74 bits per heavy atom. The lowest BCUT2D eigenvalue weighted by atomic mass is 10.1. The number of urea groups is 1. The quantitative estimate of drug-likeness (QED) is 0.707. The second-order valence-electron chi connectivity index (χ2n) is 5.28. The van der Waals surface area contributed by atoms with Crippen LogP contribution in [0.25, 0.3) is 11.3 Å². The Morgan fingerprint density at radius 1 is 1.00 bits per heavy atom. The second kappa shape index (κ2) is 6.62. The molecule has 3 aromatic rings. The average Bonchev–Trinajstić information content (AvgIpc) is 2.94. The molecule has 0 aliphatic heterocycles. The maximum Gasteiger partial charge on any atom is 0.323 e. The molecule has 4 nitrogen and oxygen atoms in total. The normalized spacial score (nSPS) is 10.3. The van der Waals surface area contributed by atoms with Gasteiger partial charge in [-0.3, -0.25) is 0 Å². The average molecular weight is 323 g/mol. The van der Waals surface area contributed by atoms with Gasteiger partial charge in [0, 0.05) is 22.3 Å². The first-order valence-electron chi connectivity index (χ1n) is 7.27. The zero-order valence-corrected chi connectivity index (χ0v) is 13.8. The van der Waals surface area contributed by atoms with E-state index >= 15 is 0 Å². The number of nitrogens with one attached hydrogen (secondary N) is 2. The molecule has 23 heavy (non-hydrogen) atoms. The van der Waals surface area contributed by atoms with Crippen molar-refractivity contribution in [1.29, 1.82) is 0 Å². The minimum atomic E-state index is -0.257. The number of aromatic nitrogens is 1. The lowest BCUT2D eigenvalue weighted by Gasteiger charge is -2.08. The summed E-state index contributed by atoms with van der Waals surface area (Å²) < 4.78 is 0. The first-order valence-corrected chi connectivity index (χ1v) is 8.15. The van der Waals surface area contributed by atoms with E-state index in [0.29, 0.717) is 0 Å². The van der Waals surface area contributed by atoms with Gasteiger partial charge in [0.15, 0.2) is 0 Å². The van der Waals surface area contributed by atoms with Crippen molar-refractivity contribution in [3.63, 3.8) is 0 Å². The minimum absolute atomic E-state index is 0.257. The number of benzene rings is 2. The largest absolute Gasteiger partial charge is 0.323 e. The van der Waals surface area contributed by atoms with Gasteiger partial charge < -0.3 is 10.6 Å². The summed E-state index contributed by atoms with van der Waals surface area (Å²) in [5, 5.41) is 8.72. The molecule has 1 aromatic heterocycles. The van der Waals surface area contributed by atoms with Gasteiger partial charge in [0.05, 0.1) is 10.7 Å². The van der Waals surface area contributed by atoms with Gasteiger partial charge in [-0.15, -0.1) is 11.3 Å². The van der Waals surface area contributed by atoms with Crippen LogP contribution in [0.5, 0.6) is 0 Å². The molecular weight excluding hydrogens is 306 g/mol. The number of carbonyl (C=O) groups is 1. The Kier molecular flexibility index (Phi) is 4.39. The number of aryl methyl sites for hydroxylation is 2. The van der Waals surface area contributed by atoms with Gasteiger partial charge >= 0.3 is 6.03 Å². The van der Waals surface area contributed by atoms with E-state index in [1.54, 1.807) is 11.3 Å². The van der Waals surface area contributed by atoms with Crippen molar-refractivity contribution in [3.05, 3.63) is 64.5 Å². The van der Waals surface area contributed by atoms with E-state index in [4.69, 9.17) is 0 Å². The first-order chi connectivity index (χ1) is 11.1. The molecule has 0 saturated heterocycles. The smallest absolute Gasteiger partial charge is 0.308 e. The van der Waals surface area contributed by atoms with Crippen molar-refractivity contribution >= 4 is 28.7 Å². The number of hydrogen-bond donors (Lipinski definition) is 2. The third-order valence-corrected chi connectivity index (χ3v) is 4.11. The predicted molar refractivity (Wildman–Crippen MR) is 96.1 cm³/mol. The molecule has 2 N–H and O–H groups in total. The number of thiazole rings is 1. The van der Waals surface area contributed by atoms with E-state index in [-0.39, 0.29) is 6.03 Å². The summed E-state index contributed by atoms with van der Waals surface area (Å²) in [7, 11) is 0. The van der Waals surface area contributed by atoms with Crippen molar-refractivity contribution in [2.24, 2.45) is 0 Å². The maximum atomic E-state index is 12.0. The van der Waals surface area contributed by atoms with Gasteiger partial charge in [0.1, 0.15) is 0 Å². The van der Waals surface area contributed by atoms with Gasteiger partial charge in [-0.05, 0) is 43.7 Å². The summed E-state index contributed by atoms with van der Waals surface area (Å²) in [5.74, 6) is 0. The Balaban J connectivity index is 1.65. The Labute approximate surface area is 139 Å². The fourth-order valence-electron chi connectivity index (χ4n) is 2.24. The molecule has 0 bridgehead atoms. The first kappa shape index (κ1) is 15.2. The van der Waals surface area contributed by atoms with Crippen molar-refractivity contribution in [2.45, 2.75) is 13.8 Å². The van der Waals surface area contributed by atoms with E-state index < -0.39 is 0 Å². The third-order valence-electron chi connectivity index (χ3n) is 3.33. The zero-order valence-electron chi connectivity index (χ0n) is 13.0. The highest BCUT2D eigenvalue weighted by Gasteiger charge is 2.05. The summed E-state index contributed by atoms with van der Waals surface area (Å²) in [5.41, 5.74) is 4.62. The summed E-state index contributed by atoms with van der Waals surface area (Å²) >= 11 is 1.63. The van der Waals surface area contributed by atoms with Gasteiger partial charge in [-0.2, -0.15) is 0 Å². The van der Waals surface area contributed by atoms with E-state index in [1.807, 2.05) is 67.8 Å². The summed E-state index contributed by atoms with van der Waals surface area (Å²) in [6, 6.07) is 15.1. The highest BCUT2D eigenvalue weighted by molar-refractivity contribution is 7.09. The van der Waals surface area contributed by atoms with Crippen LogP contribution in [0.3, 0.4) is 0 Å². The molecule has 1 heterocycles. The molecule has 0 radical (unpaired) electrons. The lowest BCUT2D eigenvalue weighted by Crippen LogP contribution is -2.19. The Morgan fingerprint density at radius 3 is 2.39 bits per heavy atom. The van der Waals surface area contributed by atoms with Crippen LogP contribution in [0.2, 0.25) is 0 Å². The lowest BCUT2D eigenvalue weighted by molar-refractivity contribution is 0.262. The van der Waals surface area contributed by atoms with Gasteiger partial charge in [0.2, 0.25) is 0 Å². The van der Waals surface area contributed by atoms with Gasteiger partial charge in [-0.25, -0.2) is 9.78 Å². The number of hydrogen-bond acceptors (Lipinski definition) is 3. The summed E-state index contributed by atoms with van der Waals surface area (Å²) in [6.07, 6.45) is 0. The topological polar surface area (TPSA) is 54.0 Å². The van der Waals surface area contributed by atoms with Crippen LogP contribution < -0.4 is 10.6 Å². The van der Waals surface area contributed by atoms with Gasteiger partial charge in [-0.1, -0.05) is 24.3 Å². The van der Waals surface area contributed by atoms with E-state index in [0.717, 1.165) is 33.2 Å². The molecule has 5 heteroatoms. The van der Waals surface area contributed by atoms with Crippen molar-refractivity contribution in [3.8, 4) is 11.3 Å². The number of amides is 2. The summed E-state index contributed by atoms with van der Waals surface area (Å²) in [4.78, 5) is 16.5. The molecule has 0 unspecified atom stereocenters. The molecule has 0 atom stereocenters. The van der Waals surface area contributed by atoms with Gasteiger partial charge in [0.25, 0.3) is 0 Å². The second-order valence-corrected chi connectivity index (χ2v) is 6.34. The molecular formula is C18H17N3OS. The Hall–Kier alpha value is -2.66. The summed E-state index contributed by atoms with van der Waals surface area (Å²) in [6.45, 7) is 3.97. The third kappa shape index (κ3) is 3.96. The van der Waals surface area contributed by atoms with Crippen LogP contribution in [-0.2, 0) is 0 Å². The number of rotatable bonds is 3. The van der Waals surface area contributed by atoms with Crippen LogP contribution in [-0.4, -0.2) is 11.0 Å². The van der Waals surface area contributed by atoms with E-state index in [9.17, 15) is 4.79 Å². The van der Waals surface area contributed by atoms with Crippen molar-refractivity contribution < 1.29 is 4.79 Å². The minimum Gasteiger partial charge on any atom is -0.308 e. The van der Waals surface area contributed by atoms with Crippen LogP contribution >= 0.6 is 11.3 Å².